The van der Waals surface area contributed by atoms with Gasteiger partial charge >= 0.3 is 5.97 Å². The van der Waals surface area contributed by atoms with E-state index in [0.717, 1.165) is 24.1 Å². The van der Waals surface area contributed by atoms with E-state index in [-0.39, 0.29) is 11.5 Å². The first-order valence-electron chi connectivity index (χ1n) is 8.57. The minimum atomic E-state index is -0.955. The Morgan fingerprint density at radius 1 is 1.20 bits per heavy atom. The Morgan fingerprint density at radius 2 is 1.88 bits per heavy atom. The molecule has 2 aromatic rings. The third kappa shape index (κ3) is 5.45. The molecule has 0 fully saturated rings. The molecule has 1 amide bonds. The Morgan fingerprint density at radius 3 is 2.48 bits per heavy atom. The molecule has 1 aromatic heterocycles. The normalized spacial score (nSPS) is 10.8. The Kier molecular flexibility index (Phi) is 6.74. The van der Waals surface area contributed by atoms with Gasteiger partial charge in [0.1, 0.15) is 0 Å². The number of hydrogen-bond acceptors (Lipinski definition) is 4. The van der Waals surface area contributed by atoms with E-state index >= 15 is 0 Å². The minimum Gasteiger partial charge on any atom is -0.478 e. The van der Waals surface area contributed by atoms with Gasteiger partial charge in [0.25, 0.3) is 0 Å². The summed E-state index contributed by atoms with van der Waals surface area (Å²) < 4.78 is 5.28. The van der Waals surface area contributed by atoms with Crippen molar-refractivity contribution in [2.45, 2.75) is 52.0 Å². The van der Waals surface area contributed by atoms with E-state index < -0.39 is 5.97 Å². The summed E-state index contributed by atoms with van der Waals surface area (Å²) in [6.07, 6.45) is 2.91. The number of aryl methyl sites for hydroxylation is 1. The van der Waals surface area contributed by atoms with Gasteiger partial charge in [-0.25, -0.2) is 4.79 Å². The summed E-state index contributed by atoms with van der Waals surface area (Å²) in [6, 6.07) is 8.46. The molecule has 0 spiro atoms. The van der Waals surface area contributed by atoms with Gasteiger partial charge in [-0.15, -0.1) is 0 Å². The highest BCUT2D eigenvalue weighted by Crippen LogP contribution is 2.22. The number of carbonyl (C=O) groups excluding carboxylic acids is 1. The predicted octanol–water partition coefficient (Wildman–Crippen LogP) is 3.53. The summed E-state index contributed by atoms with van der Waals surface area (Å²) >= 11 is 0. The second-order valence-electron chi connectivity index (χ2n) is 6.01. The number of aromatic carboxylic acids is 1. The number of hydrogen-bond donors (Lipinski definition) is 2. The average molecular weight is 344 g/mol. The van der Waals surface area contributed by atoms with E-state index in [2.05, 4.69) is 24.3 Å². The smallest absolute Gasteiger partial charge is 0.335 e. The molecule has 25 heavy (non-hydrogen) atoms. The van der Waals surface area contributed by atoms with Crippen LogP contribution in [0.2, 0.25) is 0 Å². The molecule has 0 aliphatic carbocycles. The molecular formula is C19H24N2O4. The van der Waals surface area contributed by atoms with Crippen LogP contribution in [0.25, 0.3) is 0 Å². The molecule has 0 bridgehead atoms. The fourth-order valence-corrected chi connectivity index (χ4v) is 2.66. The molecule has 0 aliphatic heterocycles. The number of carboxylic acid groups (broad SMARTS) is 1. The van der Waals surface area contributed by atoms with Gasteiger partial charge in [0.05, 0.1) is 17.8 Å². The molecule has 6 nitrogen and oxygen atoms in total. The summed E-state index contributed by atoms with van der Waals surface area (Å²) in [5.41, 5.74) is 2.11. The van der Waals surface area contributed by atoms with Crippen molar-refractivity contribution in [1.29, 1.82) is 0 Å². The summed E-state index contributed by atoms with van der Waals surface area (Å²) in [6.45, 7) is 4.56. The number of nitrogens with one attached hydrogen (secondary N) is 1. The van der Waals surface area contributed by atoms with Crippen LogP contribution in [-0.2, 0) is 17.8 Å². The lowest BCUT2D eigenvalue weighted by Gasteiger charge is -2.06. The van der Waals surface area contributed by atoms with Crippen LogP contribution in [0.4, 0.5) is 0 Å². The summed E-state index contributed by atoms with van der Waals surface area (Å²) in [7, 11) is 0. The molecular weight excluding hydrogens is 320 g/mol. The summed E-state index contributed by atoms with van der Waals surface area (Å²) in [5, 5.41) is 15.8. The monoisotopic (exact) mass is 344 g/mol. The molecule has 0 saturated heterocycles. The van der Waals surface area contributed by atoms with Crippen LogP contribution in [0.1, 0.15) is 66.4 Å². The van der Waals surface area contributed by atoms with Crippen LogP contribution < -0.4 is 5.32 Å². The highest BCUT2D eigenvalue weighted by Gasteiger charge is 2.13. The van der Waals surface area contributed by atoms with E-state index in [1.807, 2.05) is 6.07 Å². The second kappa shape index (κ2) is 9.01. The fraction of sp³-hybridized carbons (Fsp3) is 0.421. The highest BCUT2D eigenvalue weighted by atomic mass is 16.5. The predicted molar refractivity (Wildman–Crippen MR) is 93.4 cm³/mol. The first kappa shape index (κ1) is 18.7. The third-order valence-corrected chi connectivity index (χ3v) is 4.28. The van der Waals surface area contributed by atoms with Crippen molar-refractivity contribution in [2.75, 3.05) is 0 Å². The number of carboxylic acids is 1. The first-order chi connectivity index (χ1) is 12.0. The molecule has 0 radical (unpaired) electrons. The Balaban J connectivity index is 1.78. The molecule has 0 aliphatic rings. The number of aromatic nitrogens is 1. The van der Waals surface area contributed by atoms with E-state index in [9.17, 15) is 9.59 Å². The van der Waals surface area contributed by atoms with E-state index in [0.29, 0.717) is 31.1 Å². The van der Waals surface area contributed by atoms with Crippen molar-refractivity contribution >= 4 is 11.9 Å². The molecule has 6 heteroatoms. The largest absolute Gasteiger partial charge is 0.478 e. The quantitative estimate of drug-likeness (QED) is 0.726. The van der Waals surface area contributed by atoms with E-state index in [1.54, 1.807) is 24.3 Å². The maximum absolute atomic E-state index is 12.0. The SMILES string of the molecule is CCC(CC)c1cc(CNC(=O)CCc2ccc(C(=O)O)cc2)on1. The number of rotatable bonds is 9. The lowest BCUT2D eigenvalue weighted by atomic mass is 9.99. The van der Waals surface area contributed by atoms with Crippen molar-refractivity contribution in [1.82, 2.24) is 10.5 Å². The van der Waals surface area contributed by atoms with Crippen LogP contribution in [0, 0.1) is 0 Å². The van der Waals surface area contributed by atoms with Crippen molar-refractivity contribution < 1.29 is 19.2 Å². The van der Waals surface area contributed by atoms with Crippen LogP contribution in [-0.4, -0.2) is 22.1 Å². The molecule has 0 unspecified atom stereocenters. The van der Waals surface area contributed by atoms with Crippen molar-refractivity contribution in [3.05, 3.63) is 52.9 Å². The van der Waals surface area contributed by atoms with Crippen molar-refractivity contribution in [3.63, 3.8) is 0 Å². The molecule has 1 heterocycles. The van der Waals surface area contributed by atoms with Gasteiger partial charge in [-0.05, 0) is 37.0 Å². The topological polar surface area (TPSA) is 92.4 Å². The number of benzene rings is 1. The zero-order valence-corrected chi connectivity index (χ0v) is 14.6. The fourth-order valence-electron chi connectivity index (χ4n) is 2.66. The Labute approximate surface area is 147 Å². The van der Waals surface area contributed by atoms with Crippen LogP contribution in [0.3, 0.4) is 0 Å². The summed E-state index contributed by atoms with van der Waals surface area (Å²) in [5.74, 6) is 0.00920. The summed E-state index contributed by atoms with van der Waals surface area (Å²) in [4.78, 5) is 22.8. The van der Waals surface area contributed by atoms with Crippen LogP contribution >= 0.6 is 0 Å². The molecule has 0 atom stereocenters. The van der Waals surface area contributed by atoms with Gasteiger partial charge in [-0.2, -0.15) is 0 Å². The van der Waals surface area contributed by atoms with Crippen LogP contribution in [0.5, 0.6) is 0 Å². The standard InChI is InChI=1S/C19H24N2O4/c1-3-14(4-2)17-11-16(25-21-17)12-20-18(22)10-7-13-5-8-15(9-6-13)19(23)24/h5-6,8-9,11,14H,3-4,7,10,12H2,1-2H3,(H,20,22)(H,23,24). The van der Waals surface area contributed by atoms with Crippen LogP contribution in [0.15, 0.2) is 34.9 Å². The van der Waals surface area contributed by atoms with E-state index in [1.165, 1.54) is 0 Å². The number of amides is 1. The second-order valence-corrected chi connectivity index (χ2v) is 6.01. The van der Waals surface area contributed by atoms with Crippen molar-refractivity contribution in [2.24, 2.45) is 0 Å². The Bertz CT molecular complexity index is 702. The Hall–Kier alpha value is -2.63. The van der Waals surface area contributed by atoms with Gasteiger partial charge in [0.15, 0.2) is 5.76 Å². The van der Waals surface area contributed by atoms with Gasteiger partial charge < -0.3 is 14.9 Å². The van der Waals surface area contributed by atoms with Gasteiger partial charge in [0, 0.05) is 18.4 Å². The minimum absolute atomic E-state index is 0.0807. The van der Waals surface area contributed by atoms with Gasteiger partial charge in [-0.3, -0.25) is 4.79 Å². The zero-order valence-electron chi connectivity index (χ0n) is 14.6. The molecule has 1 aromatic carbocycles. The van der Waals surface area contributed by atoms with Gasteiger partial charge in [-0.1, -0.05) is 31.1 Å². The van der Waals surface area contributed by atoms with Gasteiger partial charge in [0.2, 0.25) is 5.91 Å². The average Bonchev–Trinajstić information content (AvgIpc) is 3.08. The van der Waals surface area contributed by atoms with Crippen molar-refractivity contribution in [3.8, 4) is 0 Å². The molecule has 0 saturated carbocycles. The first-order valence-corrected chi connectivity index (χ1v) is 8.57. The highest BCUT2D eigenvalue weighted by molar-refractivity contribution is 5.87. The number of nitrogens with zero attached hydrogens (tertiary/aromatic N) is 1. The van der Waals surface area contributed by atoms with E-state index in [4.69, 9.17) is 9.63 Å². The number of carbonyl (C=O) groups is 2. The maximum Gasteiger partial charge on any atom is 0.335 e. The third-order valence-electron chi connectivity index (χ3n) is 4.28. The lowest BCUT2D eigenvalue weighted by Crippen LogP contribution is -2.22. The zero-order chi connectivity index (χ0) is 18.2. The molecule has 2 rings (SSSR count). The molecule has 2 N–H and O–H groups in total. The lowest BCUT2D eigenvalue weighted by molar-refractivity contribution is -0.121. The maximum atomic E-state index is 12.0. The molecule has 134 valence electrons.